The first kappa shape index (κ1) is 24.5. The number of piperidine rings is 1. The van der Waals surface area contributed by atoms with E-state index in [0.717, 1.165) is 37.0 Å². The predicted molar refractivity (Wildman–Crippen MR) is 136 cm³/mol. The Bertz CT molecular complexity index is 919. The molecule has 3 heterocycles. The maximum atomic E-state index is 14.1. The van der Waals surface area contributed by atoms with Gasteiger partial charge in [0, 0.05) is 58.1 Å². The molecule has 0 amide bonds. The number of aliphatic imine (C=N–C) groups is 1. The third-order valence-electron chi connectivity index (χ3n) is 5.95. The monoisotopic (exact) mass is 556 g/mol. The van der Waals surface area contributed by atoms with Crippen molar-refractivity contribution in [2.24, 2.45) is 4.99 Å². The molecule has 4 rings (SSSR count). The Labute approximate surface area is 205 Å². The zero-order valence-electron chi connectivity index (χ0n) is 18.4. The normalized spacial score (nSPS) is 19.0. The van der Waals surface area contributed by atoms with E-state index in [0.29, 0.717) is 31.3 Å². The van der Waals surface area contributed by atoms with Gasteiger partial charge in [0.2, 0.25) is 0 Å². The van der Waals surface area contributed by atoms with Crippen LogP contribution in [0.15, 0.2) is 41.5 Å². The second-order valence-corrected chi connectivity index (χ2v) is 8.17. The zero-order valence-corrected chi connectivity index (χ0v) is 20.7. The number of pyridine rings is 1. The molecule has 0 bridgehead atoms. The molecule has 2 N–H and O–H groups in total. The van der Waals surface area contributed by atoms with E-state index in [1.165, 1.54) is 31.4 Å². The van der Waals surface area contributed by atoms with Gasteiger partial charge in [0.05, 0.1) is 5.69 Å². The minimum atomic E-state index is -0.556. The second-order valence-electron chi connectivity index (χ2n) is 8.17. The van der Waals surface area contributed by atoms with E-state index in [4.69, 9.17) is 0 Å². The standard InChI is InChI=1S/C23H30F2N6.HI/c1-26-23(28-15-17-7-9-27-22(13-17)30-10-3-2-4-11-30)29-19-8-12-31(16-19)21-6-5-18(24)14-20(21)25;/h5-7,9,13-14,19H,2-4,8,10-12,15-16H2,1H3,(H2,26,28,29);1H. The minimum Gasteiger partial charge on any atom is -0.367 e. The Hall–Kier alpha value is -2.17. The molecule has 0 saturated carbocycles. The molecule has 2 fully saturated rings. The highest BCUT2D eigenvalue weighted by atomic mass is 127. The first-order valence-corrected chi connectivity index (χ1v) is 11.0. The molecule has 174 valence electrons. The molecule has 1 atom stereocenters. The highest BCUT2D eigenvalue weighted by Gasteiger charge is 2.25. The largest absolute Gasteiger partial charge is 0.367 e. The van der Waals surface area contributed by atoms with Crippen LogP contribution in [0.3, 0.4) is 0 Å². The van der Waals surface area contributed by atoms with E-state index in [1.807, 2.05) is 17.2 Å². The molecular weight excluding hydrogens is 525 g/mol. The topological polar surface area (TPSA) is 55.8 Å². The number of guanidine groups is 1. The third-order valence-corrected chi connectivity index (χ3v) is 5.95. The lowest BCUT2D eigenvalue weighted by molar-refractivity contribution is 0.573. The lowest BCUT2D eigenvalue weighted by Crippen LogP contribution is -2.44. The van der Waals surface area contributed by atoms with E-state index in [1.54, 1.807) is 7.05 Å². The van der Waals surface area contributed by atoms with Gasteiger partial charge in [0.15, 0.2) is 5.96 Å². The second kappa shape index (κ2) is 11.6. The number of nitrogens with zero attached hydrogens (tertiary/aromatic N) is 4. The molecule has 2 aliphatic rings. The van der Waals surface area contributed by atoms with Crippen molar-refractivity contribution in [2.75, 3.05) is 43.0 Å². The van der Waals surface area contributed by atoms with Gasteiger partial charge in [-0.1, -0.05) is 0 Å². The number of anilines is 2. The summed E-state index contributed by atoms with van der Waals surface area (Å²) in [6, 6.07) is 8.03. The van der Waals surface area contributed by atoms with Crippen molar-refractivity contribution >= 4 is 41.4 Å². The van der Waals surface area contributed by atoms with Crippen molar-refractivity contribution < 1.29 is 8.78 Å². The number of hydrogen-bond donors (Lipinski definition) is 2. The van der Waals surface area contributed by atoms with Gasteiger partial charge in [-0.05, 0) is 55.5 Å². The number of benzene rings is 1. The van der Waals surface area contributed by atoms with E-state index in [2.05, 4.69) is 31.6 Å². The van der Waals surface area contributed by atoms with Crippen molar-refractivity contribution in [1.29, 1.82) is 0 Å². The number of rotatable bonds is 5. The summed E-state index contributed by atoms with van der Waals surface area (Å²) < 4.78 is 27.3. The van der Waals surface area contributed by atoms with Crippen LogP contribution in [0.2, 0.25) is 0 Å². The molecule has 1 aromatic heterocycles. The van der Waals surface area contributed by atoms with Gasteiger partial charge in [0.25, 0.3) is 0 Å². The van der Waals surface area contributed by atoms with Gasteiger partial charge in [-0.25, -0.2) is 13.8 Å². The molecule has 0 spiro atoms. The van der Waals surface area contributed by atoms with Gasteiger partial charge in [-0.3, -0.25) is 4.99 Å². The summed E-state index contributed by atoms with van der Waals surface area (Å²) in [5, 5.41) is 6.79. The average Bonchev–Trinajstić information content (AvgIpc) is 3.25. The molecular formula is C23H31F2IN6. The highest BCUT2D eigenvalue weighted by molar-refractivity contribution is 14.0. The minimum absolute atomic E-state index is 0. The predicted octanol–water partition coefficient (Wildman–Crippen LogP) is 3.91. The molecule has 2 saturated heterocycles. The Morgan fingerprint density at radius 1 is 1.09 bits per heavy atom. The van der Waals surface area contributed by atoms with Crippen LogP contribution in [0.25, 0.3) is 0 Å². The summed E-state index contributed by atoms with van der Waals surface area (Å²) in [6.07, 6.45) is 6.46. The van der Waals surface area contributed by atoms with E-state index in [-0.39, 0.29) is 30.0 Å². The molecule has 6 nitrogen and oxygen atoms in total. The van der Waals surface area contributed by atoms with Gasteiger partial charge < -0.3 is 20.4 Å². The van der Waals surface area contributed by atoms with Crippen LogP contribution < -0.4 is 20.4 Å². The van der Waals surface area contributed by atoms with Crippen LogP contribution in [0, 0.1) is 11.6 Å². The Morgan fingerprint density at radius 3 is 2.66 bits per heavy atom. The molecule has 2 aliphatic heterocycles. The van der Waals surface area contributed by atoms with Gasteiger partial charge >= 0.3 is 0 Å². The quantitative estimate of drug-likeness (QED) is 0.333. The Balaban J connectivity index is 0.00000289. The Morgan fingerprint density at radius 2 is 1.91 bits per heavy atom. The molecule has 1 unspecified atom stereocenters. The summed E-state index contributed by atoms with van der Waals surface area (Å²) in [4.78, 5) is 13.2. The SMILES string of the molecule is CN=C(NCc1ccnc(N2CCCCC2)c1)NC1CCN(c2ccc(F)cc2F)C1.I. The van der Waals surface area contributed by atoms with Crippen molar-refractivity contribution in [3.63, 3.8) is 0 Å². The summed E-state index contributed by atoms with van der Waals surface area (Å²) in [5.74, 6) is 0.669. The molecule has 1 aromatic carbocycles. The highest BCUT2D eigenvalue weighted by Crippen LogP contribution is 2.24. The van der Waals surface area contributed by atoms with Gasteiger partial charge in [-0.15, -0.1) is 24.0 Å². The number of halogens is 3. The van der Waals surface area contributed by atoms with Crippen molar-refractivity contribution in [1.82, 2.24) is 15.6 Å². The summed E-state index contributed by atoms with van der Waals surface area (Å²) >= 11 is 0. The molecule has 9 heteroatoms. The van der Waals surface area contributed by atoms with Crippen LogP contribution in [-0.2, 0) is 6.54 Å². The molecule has 2 aromatic rings. The third kappa shape index (κ3) is 6.20. The first-order chi connectivity index (χ1) is 15.1. The molecule has 32 heavy (non-hydrogen) atoms. The number of hydrogen-bond acceptors (Lipinski definition) is 4. The first-order valence-electron chi connectivity index (χ1n) is 11.0. The van der Waals surface area contributed by atoms with Gasteiger partial charge in [0.1, 0.15) is 17.5 Å². The fraction of sp³-hybridized carbons (Fsp3) is 0.478. The number of aromatic nitrogens is 1. The zero-order chi connectivity index (χ0) is 21.6. The fourth-order valence-electron chi connectivity index (χ4n) is 4.27. The van der Waals surface area contributed by atoms with Gasteiger partial charge in [-0.2, -0.15) is 0 Å². The van der Waals surface area contributed by atoms with Crippen molar-refractivity contribution in [2.45, 2.75) is 38.3 Å². The lowest BCUT2D eigenvalue weighted by atomic mass is 10.1. The van der Waals surface area contributed by atoms with Crippen LogP contribution in [-0.4, -0.2) is 50.2 Å². The number of nitrogens with one attached hydrogen (secondary N) is 2. The van der Waals surface area contributed by atoms with Crippen molar-refractivity contribution in [3.8, 4) is 0 Å². The summed E-state index contributed by atoms with van der Waals surface area (Å²) in [5.41, 5.74) is 1.59. The molecule has 0 radical (unpaired) electrons. The van der Waals surface area contributed by atoms with Crippen LogP contribution in [0.4, 0.5) is 20.3 Å². The maximum absolute atomic E-state index is 14.1. The van der Waals surface area contributed by atoms with Crippen LogP contribution in [0.1, 0.15) is 31.2 Å². The maximum Gasteiger partial charge on any atom is 0.191 e. The fourth-order valence-corrected chi connectivity index (χ4v) is 4.27. The van der Waals surface area contributed by atoms with Crippen LogP contribution >= 0.6 is 24.0 Å². The summed E-state index contributed by atoms with van der Waals surface area (Å²) in [6.45, 7) is 4.13. The van der Waals surface area contributed by atoms with Crippen molar-refractivity contribution in [3.05, 3.63) is 53.7 Å². The lowest BCUT2D eigenvalue weighted by Gasteiger charge is -2.28. The smallest absolute Gasteiger partial charge is 0.191 e. The van der Waals surface area contributed by atoms with Crippen LogP contribution in [0.5, 0.6) is 0 Å². The Kier molecular flexibility index (Phi) is 8.89. The van der Waals surface area contributed by atoms with E-state index < -0.39 is 11.6 Å². The van der Waals surface area contributed by atoms with E-state index >= 15 is 0 Å². The average molecular weight is 556 g/mol. The molecule has 0 aliphatic carbocycles. The van der Waals surface area contributed by atoms with E-state index in [9.17, 15) is 8.78 Å². The summed E-state index contributed by atoms with van der Waals surface area (Å²) in [7, 11) is 1.74.